The largest absolute Gasteiger partial charge is 0.468 e. The van der Waals surface area contributed by atoms with Crippen molar-refractivity contribution < 1.29 is 17.6 Å². The van der Waals surface area contributed by atoms with Crippen LogP contribution in [0.15, 0.2) is 34.2 Å². The van der Waals surface area contributed by atoms with Gasteiger partial charge in [0.15, 0.2) is 0 Å². The number of aromatic nitrogens is 2. The Morgan fingerprint density at radius 3 is 2.81 bits per heavy atom. The summed E-state index contributed by atoms with van der Waals surface area (Å²) in [5.41, 5.74) is 0.897. The molecule has 1 atom stereocenters. The Balaban J connectivity index is 1.55. The molecule has 7 nitrogen and oxygen atoms in total. The Kier molecular flexibility index (Phi) is 5.39. The number of hydrogen-bond acceptors (Lipinski definition) is 6. The van der Waals surface area contributed by atoms with Gasteiger partial charge in [-0.1, -0.05) is 0 Å². The molecule has 1 saturated carbocycles. The lowest BCUT2D eigenvalue weighted by Crippen LogP contribution is -2.25. The van der Waals surface area contributed by atoms with Crippen molar-refractivity contribution >= 4 is 9.84 Å². The number of hydrogen-bond donors (Lipinski definition) is 0. The van der Waals surface area contributed by atoms with Crippen LogP contribution >= 0.6 is 0 Å². The Hall–Kier alpha value is -1.64. The van der Waals surface area contributed by atoms with Crippen molar-refractivity contribution in [1.82, 2.24) is 14.5 Å². The average Bonchev–Trinajstić information content (AvgIpc) is 3.05. The topological polar surface area (TPSA) is 77.6 Å². The zero-order chi connectivity index (χ0) is 18.9. The summed E-state index contributed by atoms with van der Waals surface area (Å²) in [5, 5.41) is 0.200. The van der Waals surface area contributed by atoms with Crippen LogP contribution in [-0.2, 0) is 34.2 Å². The third-order valence-corrected chi connectivity index (χ3v) is 6.97. The number of rotatable bonds is 9. The second kappa shape index (κ2) is 7.77. The van der Waals surface area contributed by atoms with Gasteiger partial charge in [0.05, 0.1) is 43.1 Å². The molecule has 0 N–H and O–H groups in total. The van der Waals surface area contributed by atoms with Crippen LogP contribution in [0.25, 0.3) is 0 Å². The van der Waals surface area contributed by atoms with Gasteiger partial charge in [0.2, 0.25) is 15.0 Å². The maximum absolute atomic E-state index is 12.9. The predicted octanol–water partition coefficient (Wildman–Crippen LogP) is 2.47. The second-order valence-corrected chi connectivity index (χ2v) is 9.68. The Morgan fingerprint density at radius 2 is 2.15 bits per heavy atom. The van der Waals surface area contributed by atoms with Crippen molar-refractivity contribution in [3.05, 3.63) is 36.0 Å². The van der Waals surface area contributed by atoms with Gasteiger partial charge in [0.25, 0.3) is 0 Å². The Bertz CT molecular complexity index is 850. The highest BCUT2D eigenvalue weighted by Crippen LogP contribution is 2.32. The molecular formula is C19H27N3O4S. The summed E-state index contributed by atoms with van der Waals surface area (Å²) < 4.78 is 38.8. The Labute approximate surface area is 160 Å². The molecule has 1 unspecified atom stereocenters. The molecule has 0 bridgehead atoms. The first kappa shape index (κ1) is 18.7. The molecule has 1 aliphatic heterocycles. The van der Waals surface area contributed by atoms with Crippen molar-refractivity contribution in [2.75, 3.05) is 19.4 Å². The third kappa shape index (κ3) is 4.62. The molecule has 1 aliphatic carbocycles. The van der Waals surface area contributed by atoms with E-state index in [9.17, 15) is 8.42 Å². The van der Waals surface area contributed by atoms with Crippen molar-refractivity contribution in [2.24, 2.45) is 5.92 Å². The first-order chi connectivity index (χ1) is 13.0. The normalized spacial score (nSPS) is 20.6. The molecule has 4 rings (SSSR count). The van der Waals surface area contributed by atoms with Gasteiger partial charge in [-0.3, -0.25) is 4.90 Å². The van der Waals surface area contributed by atoms with Crippen LogP contribution in [0, 0.1) is 5.92 Å². The minimum absolute atomic E-state index is 0.0585. The van der Waals surface area contributed by atoms with E-state index in [0.717, 1.165) is 43.7 Å². The van der Waals surface area contributed by atoms with Gasteiger partial charge >= 0.3 is 0 Å². The van der Waals surface area contributed by atoms with Crippen LogP contribution in [-0.4, -0.2) is 48.4 Å². The molecule has 0 amide bonds. The maximum Gasteiger partial charge on any atom is 0.227 e. The molecule has 1 saturated heterocycles. The van der Waals surface area contributed by atoms with E-state index in [1.54, 1.807) is 12.5 Å². The third-order valence-electron chi connectivity index (χ3n) is 5.18. The van der Waals surface area contributed by atoms with Crippen molar-refractivity contribution in [2.45, 2.75) is 56.6 Å². The summed E-state index contributed by atoms with van der Waals surface area (Å²) in [4.78, 5) is 6.43. The molecule has 2 aliphatic rings. The zero-order valence-corrected chi connectivity index (χ0v) is 16.5. The van der Waals surface area contributed by atoms with E-state index < -0.39 is 9.84 Å². The Morgan fingerprint density at radius 1 is 1.30 bits per heavy atom. The zero-order valence-electron chi connectivity index (χ0n) is 15.7. The first-order valence-electron chi connectivity index (χ1n) is 9.61. The SMILES string of the molecule is CN(Cc1ccco1)Cc1cnc(S(=O)(=O)CC2CC2)n1CC1CCCO1. The standard InChI is InChI=1S/C19H27N3O4S/c1-21(12-17-4-2-8-25-17)11-16-10-20-19(27(23,24)14-15-6-7-15)22(16)13-18-5-3-9-26-18/h2,4,8,10,15,18H,3,5-7,9,11-14H2,1H3. The highest BCUT2D eigenvalue weighted by atomic mass is 32.2. The number of nitrogens with zero attached hydrogens (tertiary/aromatic N) is 3. The lowest BCUT2D eigenvalue weighted by molar-refractivity contribution is 0.0933. The van der Waals surface area contributed by atoms with Crippen LogP contribution in [0.3, 0.4) is 0 Å². The molecule has 0 radical (unpaired) electrons. The van der Waals surface area contributed by atoms with E-state index in [-0.39, 0.29) is 17.0 Å². The predicted molar refractivity (Wildman–Crippen MR) is 99.9 cm³/mol. The molecule has 0 aromatic carbocycles. The van der Waals surface area contributed by atoms with Crippen molar-refractivity contribution in [3.63, 3.8) is 0 Å². The molecule has 2 fully saturated rings. The number of furan rings is 1. The minimum Gasteiger partial charge on any atom is -0.468 e. The van der Waals surface area contributed by atoms with Gasteiger partial charge in [-0.2, -0.15) is 0 Å². The van der Waals surface area contributed by atoms with Crippen LogP contribution in [0.1, 0.15) is 37.1 Å². The van der Waals surface area contributed by atoms with E-state index >= 15 is 0 Å². The lowest BCUT2D eigenvalue weighted by Gasteiger charge is -2.19. The molecule has 3 heterocycles. The number of sulfone groups is 1. The summed E-state index contributed by atoms with van der Waals surface area (Å²) >= 11 is 0. The number of ether oxygens (including phenoxy) is 1. The molecule has 2 aromatic heterocycles. The highest BCUT2D eigenvalue weighted by Gasteiger charge is 2.33. The summed E-state index contributed by atoms with van der Waals surface area (Å²) in [5.74, 6) is 1.38. The van der Waals surface area contributed by atoms with E-state index in [0.29, 0.717) is 25.6 Å². The van der Waals surface area contributed by atoms with Crippen LogP contribution in [0.4, 0.5) is 0 Å². The summed E-state index contributed by atoms with van der Waals surface area (Å²) in [6.07, 6.45) is 7.41. The van der Waals surface area contributed by atoms with Gasteiger partial charge in [-0.15, -0.1) is 0 Å². The van der Waals surface area contributed by atoms with Crippen LogP contribution in [0.2, 0.25) is 0 Å². The van der Waals surface area contributed by atoms with Gasteiger partial charge in [0.1, 0.15) is 5.76 Å². The summed E-state index contributed by atoms with van der Waals surface area (Å²) in [7, 11) is -1.38. The first-order valence-corrected chi connectivity index (χ1v) is 11.3. The smallest absolute Gasteiger partial charge is 0.227 e. The van der Waals surface area contributed by atoms with Crippen LogP contribution in [0.5, 0.6) is 0 Å². The van der Waals surface area contributed by atoms with Crippen LogP contribution < -0.4 is 0 Å². The van der Waals surface area contributed by atoms with Crippen molar-refractivity contribution in [3.8, 4) is 0 Å². The fraction of sp³-hybridized carbons (Fsp3) is 0.632. The molecule has 148 valence electrons. The summed E-state index contributed by atoms with van der Waals surface area (Å²) in [6, 6.07) is 3.80. The highest BCUT2D eigenvalue weighted by molar-refractivity contribution is 7.91. The molecule has 8 heteroatoms. The van der Waals surface area contributed by atoms with E-state index in [2.05, 4.69) is 9.88 Å². The minimum atomic E-state index is -3.37. The monoisotopic (exact) mass is 393 g/mol. The lowest BCUT2D eigenvalue weighted by atomic mass is 10.2. The van der Waals surface area contributed by atoms with Gasteiger partial charge in [-0.25, -0.2) is 13.4 Å². The molecule has 27 heavy (non-hydrogen) atoms. The molecular weight excluding hydrogens is 366 g/mol. The summed E-state index contributed by atoms with van der Waals surface area (Å²) in [6.45, 7) is 2.54. The maximum atomic E-state index is 12.9. The second-order valence-electron chi connectivity index (χ2n) is 7.75. The fourth-order valence-electron chi connectivity index (χ4n) is 3.62. The van der Waals surface area contributed by atoms with Crippen molar-refractivity contribution in [1.29, 1.82) is 0 Å². The van der Waals surface area contributed by atoms with Gasteiger partial charge < -0.3 is 13.7 Å². The molecule has 2 aromatic rings. The van der Waals surface area contributed by atoms with E-state index in [1.165, 1.54) is 0 Å². The van der Waals surface area contributed by atoms with E-state index in [1.807, 2.05) is 23.7 Å². The van der Waals surface area contributed by atoms with Gasteiger partial charge in [0, 0.05) is 13.2 Å². The fourth-order valence-corrected chi connectivity index (χ4v) is 5.47. The number of imidazole rings is 1. The average molecular weight is 394 g/mol. The van der Waals surface area contributed by atoms with E-state index in [4.69, 9.17) is 9.15 Å². The molecule has 0 spiro atoms. The van der Waals surface area contributed by atoms with Gasteiger partial charge in [-0.05, 0) is 50.8 Å². The quantitative estimate of drug-likeness (QED) is 0.651.